The highest BCUT2D eigenvalue weighted by molar-refractivity contribution is 9.11. The number of methoxy groups -OCH3 is 4. The number of carbonyl (C=O) groups excluding carboxylic acids is 7. The van der Waals surface area contributed by atoms with Crippen molar-refractivity contribution in [1.82, 2.24) is 78.7 Å². The summed E-state index contributed by atoms with van der Waals surface area (Å²) >= 11 is 10.2. The lowest BCUT2D eigenvalue weighted by atomic mass is 9.79. The number of ether oxygens (including phenoxy) is 4. The van der Waals surface area contributed by atoms with Crippen molar-refractivity contribution in [3.63, 3.8) is 0 Å². The number of aromatic carboxylic acids is 1. The Balaban J connectivity index is 0.000000120. The number of benzene rings is 7. The van der Waals surface area contributed by atoms with E-state index in [4.69, 9.17) is 34.0 Å². The molecule has 8 aromatic heterocycles. The van der Waals surface area contributed by atoms with Crippen LogP contribution in [0, 0.1) is 0 Å². The molecule has 15 aromatic rings. The molecule has 31 nitrogen and oxygen atoms in total. The number of hydrogen-bond acceptors (Lipinski definition) is 20. The summed E-state index contributed by atoms with van der Waals surface area (Å²) in [4.78, 5) is 133. The van der Waals surface area contributed by atoms with Crippen LogP contribution in [0.3, 0.4) is 0 Å². The Morgan fingerprint density at radius 2 is 0.722 bits per heavy atom. The van der Waals surface area contributed by atoms with Gasteiger partial charge in [-0.05, 0) is 215 Å². The van der Waals surface area contributed by atoms with Crippen LogP contribution in [0.5, 0.6) is 23.0 Å². The van der Waals surface area contributed by atoms with E-state index in [1.54, 1.807) is 63.7 Å². The Morgan fingerprint density at radius 1 is 0.361 bits per heavy atom. The van der Waals surface area contributed by atoms with Gasteiger partial charge in [0, 0.05) is 209 Å². The first-order valence-corrected chi connectivity index (χ1v) is 50.7. The summed E-state index contributed by atoms with van der Waals surface area (Å²) in [5, 5.41) is 38.3. The van der Waals surface area contributed by atoms with E-state index in [9.17, 15) is 48.4 Å². The molecule has 16 heterocycles. The maximum atomic E-state index is 13.5. The van der Waals surface area contributed by atoms with Crippen molar-refractivity contribution in [2.45, 2.75) is 96.9 Å². The van der Waals surface area contributed by atoms with Crippen molar-refractivity contribution >= 4 is 162 Å². The highest BCUT2D eigenvalue weighted by Crippen LogP contribution is 2.37. The van der Waals surface area contributed by atoms with Crippen LogP contribution in [0.25, 0.3) is 76.8 Å². The molecule has 0 atom stereocenters. The normalized spacial score (nSPS) is 15.0. The fourth-order valence-electron chi connectivity index (χ4n) is 18.8. The minimum absolute atomic E-state index is 0.000226. The van der Waals surface area contributed by atoms with Crippen LogP contribution in [-0.2, 0) is 32.7 Å². The minimum atomic E-state index is -1.59. The predicted molar refractivity (Wildman–Crippen MR) is 563 cm³/mol. The number of pyridine rings is 5. The molecule has 0 bridgehead atoms. The van der Waals surface area contributed by atoms with Gasteiger partial charge < -0.3 is 87.8 Å². The standard InChI is InChI=1S/C30H30N4O4.C21H20N4O2.C16H17BrN2O3.C14H15BN2O3.C14H13BrN2O.C10H6BrNO2.C4H9N/c1-37-23-10-8-21(27(17-23)38-2)18-34-15-14-33-19-22(16-26(33)30(34)36)24-7-5-6-20-9-11-25(31-28(20)24)29(35)32-12-3-4-13-32;26-20-18-12-15(13-25(18)11-8-22-20)16-5-3-4-14-6-7-17(23-19(14)16)21(27)24-9-1-2-10-24;1-21-13-4-3-11(15(8-13)22-2)9-19-6-5-18-10-12(17)7-14(18)16(19)20;18-14(17-8-1-2-9-17)12-7-6-10-4-3-5-11(15(19)20)13(10)16-12;15-11-5-3-4-10-6-7-12(16-13(10)11)14(18)17-8-1-2-9-17;11-7-3-1-2-6-4-5-8(10(13)14)12-9(6)7;1-2-4-5-3-1/h5-11,16-17,19H,3-4,12-15,18H2,1-2H3;3-7,12-13H,1-2,8-11H2,(H,22,26);3-4,7-8,10H,5-6,9H2,1-2H3;3-7,19-20H,1-2,8-9H2;3-7H,1-2,8-9H2;1-5H,(H,13,14);5H,1-4H2. The quantitative estimate of drug-likeness (QED) is 0.0561. The van der Waals surface area contributed by atoms with Gasteiger partial charge in [0.05, 0.1) is 56.0 Å². The topological polar surface area (TPSA) is 357 Å². The van der Waals surface area contributed by atoms with Crippen LogP contribution in [0.15, 0.2) is 238 Å². The number of nitrogens with zero attached hydrogens (tertiary/aromatic N) is 14. The second-order valence-electron chi connectivity index (χ2n) is 35.8. The van der Waals surface area contributed by atoms with E-state index < -0.39 is 13.1 Å². The largest absolute Gasteiger partial charge is 0.497 e. The zero-order valence-electron chi connectivity index (χ0n) is 80.4. The Labute approximate surface area is 858 Å². The number of fused-ring (bicyclic) bond motifs is 8. The van der Waals surface area contributed by atoms with Gasteiger partial charge >= 0.3 is 13.1 Å². The molecule has 7 amide bonds. The van der Waals surface area contributed by atoms with Crippen LogP contribution in [0.4, 0.5) is 0 Å². The lowest BCUT2D eigenvalue weighted by Gasteiger charge is -2.29. The summed E-state index contributed by atoms with van der Waals surface area (Å²) in [6.45, 7) is 14.1. The van der Waals surface area contributed by atoms with Gasteiger partial charge in [-0.15, -0.1) is 0 Å². The van der Waals surface area contributed by atoms with E-state index >= 15 is 0 Å². The molecule has 740 valence electrons. The number of aromatic nitrogens is 8. The monoisotopic (exact) mass is 2130 g/mol. The first kappa shape index (κ1) is 101. The van der Waals surface area contributed by atoms with Crippen LogP contribution < -0.4 is 35.0 Å². The summed E-state index contributed by atoms with van der Waals surface area (Å²) in [6, 6.07) is 63.7. The SMILES string of the molecule is C1CCNC1.COc1ccc(CN2CCn3cc(-c4cccc5ccc(C(=O)N6CCCC6)nc45)cc3C2=O)c(OC)c1.COc1ccc(CN2CCn3cc(Br)cc3C2=O)c(OC)c1.O=C(O)c1ccc2cccc(Br)c2n1.O=C(c1ccc2cccc(B(O)O)c2n1)N1CCCC1.O=C(c1ccc2cccc(Br)c2n1)N1CCCC1.O=C1NCCn2cc(-c3cccc4ccc(C(=O)N5CCCC5)nc34)cc21. The number of carboxylic acid groups (broad SMARTS) is 1. The molecule has 7 aromatic carbocycles. The van der Waals surface area contributed by atoms with Crippen LogP contribution >= 0.6 is 47.8 Å². The summed E-state index contributed by atoms with van der Waals surface area (Å²) in [7, 11) is 4.89. The third-order valence-electron chi connectivity index (χ3n) is 26.5. The number of rotatable bonds is 16. The molecule has 5 N–H and O–H groups in total. The number of amides is 7. The van der Waals surface area contributed by atoms with Gasteiger partial charge in [0.2, 0.25) is 0 Å². The second-order valence-corrected chi connectivity index (χ2v) is 38.5. The molecular weight excluding hydrogens is 2020 g/mol. The summed E-state index contributed by atoms with van der Waals surface area (Å²) in [5.74, 6) is 1.76. The predicted octanol–water partition coefficient (Wildman–Crippen LogP) is 16.7. The van der Waals surface area contributed by atoms with Crippen LogP contribution in [0.1, 0.15) is 159 Å². The number of likely N-dealkylation sites (tertiary alicyclic amines) is 4. The van der Waals surface area contributed by atoms with E-state index in [1.165, 1.54) is 32.0 Å². The summed E-state index contributed by atoms with van der Waals surface area (Å²) < 4.78 is 30.1. The van der Waals surface area contributed by atoms with Gasteiger partial charge in [-0.25, -0.2) is 29.7 Å². The van der Waals surface area contributed by atoms with Gasteiger partial charge in [0.15, 0.2) is 0 Å². The molecule has 8 aliphatic heterocycles. The first-order valence-electron chi connectivity index (χ1n) is 48.3. The minimum Gasteiger partial charge on any atom is -0.497 e. The van der Waals surface area contributed by atoms with Crippen molar-refractivity contribution in [3.8, 4) is 45.3 Å². The van der Waals surface area contributed by atoms with Crippen molar-refractivity contribution in [2.75, 3.05) is 114 Å². The summed E-state index contributed by atoms with van der Waals surface area (Å²) in [5.41, 5.74) is 13.4. The Morgan fingerprint density at radius 3 is 1.12 bits per heavy atom. The molecule has 144 heavy (non-hydrogen) atoms. The van der Waals surface area contributed by atoms with Crippen molar-refractivity contribution in [2.24, 2.45) is 0 Å². The fourth-order valence-corrected chi connectivity index (χ4v) is 20.3. The number of halogens is 3. The number of para-hydroxylation sites is 5. The van der Waals surface area contributed by atoms with Gasteiger partial charge in [-0.1, -0.05) is 109 Å². The average molecular weight is 2130 g/mol. The van der Waals surface area contributed by atoms with E-state index in [1.807, 2.05) is 227 Å². The van der Waals surface area contributed by atoms with Crippen LogP contribution in [0.2, 0.25) is 0 Å². The van der Waals surface area contributed by atoms with E-state index in [-0.39, 0.29) is 47.0 Å². The molecule has 23 rings (SSSR count). The molecule has 5 saturated heterocycles. The molecule has 35 heteroatoms. The molecule has 0 radical (unpaired) electrons. The van der Waals surface area contributed by atoms with Crippen molar-refractivity contribution < 1.29 is 72.5 Å². The molecule has 0 unspecified atom stereocenters. The van der Waals surface area contributed by atoms with Crippen LogP contribution in [-0.4, -0.2) is 251 Å². The Bertz CT molecular complexity index is 7300. The number of carboxylic acids is 1. The third kappa shape index (κ3) is 23.5. The molecule has 8 aliphatic rings. The number of carbonyl (C=O) groups is 8. The maximum absolute atomic E-state index is 13.5. The van der Waals surface area contributed by atoms with Crippen molar-refractivity contribution in [1.29, 1.82) is 0 Å². The van der Waals surface area contributed by atoms with Gasteiger partial charge in [-0.3, -0.25) is 33.6 Å². The Kier molecular flexibility index (Phi) is 33.0. The lowest BCUT2D eigenvalue weighted by molar-refractivity contribution is 0.0681. The summed E-state index contributed by atoms with van der Waals surface area (Å²) in [6.07, 6.45) is 17.2. The number of nitrogens with one attached hydrogen (secondary N) is 2. The lowest BCUT2D eigenvalue weighted by Crippen LogP contribution is -2.39. The molecule has 5 fully saturated rings. The van der Waals surface area contributed by atoms with E-state index in [0.29, 0.717) is 107 Å². The Hall–Kier alpha value is -14.2. The molecular formula is C109H110BBr3N16O15. The van der Waals surface area contributed by atoms with Crippen molar-refractivity contribution in [3.05, 3.63) is 295 Å². The van der Waals surface area contributed by atoms with E-state index in [0.717, 1.165) is 219 Å². The molecule has 0 aliphatic carbocycles. The van der Waals surface area contributed by atoms with Gasteiger partial charge in [0.25, 0.3) is 41.4 Å². The zero-order valence-corrected chi connectivity index (χ0v) is 85.1. The second kappa shape index (κ2) is 46.9. The zero-order chi connectivity index (χ0) is 101. The average Bonchev–Trinajstić information content (AvgIpc) is 1.60. The maximum Gasteiger partial charge on any atom is 0.490 e. The van der Waals surface area contributed by atoms with Gasteiger partial charge in [-0.2, -0.15) is 0 Å². The molecule has 0 spiro atoms. The highest BCUT2D eigenvalue weighted by Gasteiger charge is 2.33. The van der Waals surface area contributed by atoms with Gasteiger partial charge in [0.1, 0.15) is 68.5 Å². The third-order valence-corrected chi connectivity index (χ3v) is 28.2. The first-order chi connectivity index (χ1) is 70.0. The fraction of sp³-hybridized carbons (Fsp3) is 0.294. The number of hydrogen-bond donors (Lipinski definition) is 5. The van der Waals surface area contributed by atoms with E-state index in [2.05, 4.69) is 73.4 Å². The highest BCUT2D eigenvalue weighted by atomic mass is 79.9. The smallest absolute Gasteiger partial charge is 0.490 e. The molecule has 0 saturated carbocycles.